The number of fused-ring (bicyclic) bond motifs is 1. The zero-order valence-electron chi connectivity index (χ0n) is 12.7. The van der Waals surface area contributed by atoms with Crippen LogP contribution in [0.5, 0.6) is 5.75 Å². The summed E-state index contributed by atoms with van der Waals surface area (Å²) in [5, 5.41) is 2.74. The van der Waals surface area contributed by atoms with E-state index in [-0.39, 0.29) is 18.3 Å². The van der Waals surface area contributed by atoms with Gasteiger partial charge >= 0.3 is 0 Å². The van der Waals surface area contributed by atoms with E-state index in [0.717, 1.165) is 11.3 Å². The quantitative estimate of drug-likeness (QED) is 0.795. The lowest BCUT2D eigenvalue weighted by molar-refractivity contribution is -0.114. The predicted molar refractivity (Wildman–Crippen MR) is 83.8 cm³/mol. The van der Waals surface area contributed by atoms with E-state index < -0.39 is 0 Å². The van der Waals surface area contributed by atoms with Gasteiger partial charge in [-0.25, -0.2) is 9.37 Å². The first kappa shape index (κ1) is 15.0. The van der Waals surface area contributed by atoms with Gasteiger partial charge in [-0.05, 0) is 42.8 Å². The molecule has 3 aromatic rings. The van der Waals surface area contributed by atoms with Crippen LogP contribution in [0.3, 0.4) is 0 Å². The zero-order valence-corrected chi connectivity index (χ0v) is 12.7. The Labute approximate surface area is 132 Å². The minimum Gasteiger partial charge on any atom is -0.484 e. The minimum absolute atomic E-state index is 0.125. The molecular formula is C17H15FN2O3. The maximum Gasteiger partial charge on any atom is 0.233 e. The Bertz CT molecular complexity index is 873. The molecule has 0 aliphatic carbocycles. The number of oxazole rings is 1. The molecule has 0 radical (unpaired) electrons. The van der Waals surface area contributed by atoms with Crippen molar-refractivity contribution >= 4 is 22.7 Å². The zero-order chi connectivity index (χ0) is 16.4. The summed E-state index contributed by atoms with van der Waals surface area (Å²) in [4.78, 5) is 15.3. The molecule has 0 bridgehead atoms. The van der Waals surface area contributed by atoms with Crippen LogP contribution in [-0.2, 0) is 11.4 Å². The lowest BCUT2D eigenvalue weighted by Gasteiger charge is -2.09. The lowest BCUT2D eigenvalue weighted by atomic mass is 10.2. The summed E-state index contributed by atoms with van der Waals surface area (Å²) in [6.07, 6.45) is 0. The van der Waals surface area contributed by atoms with Crippen molar-refractivity contribution < 1.29 is 18.3 Å². The van der Waals surface area contributed by atoms with Gasteiger partial charge in [-0.15, -0.1) is 0 Å². The van der Waals surface area contributed by atoms with E-state index in [9.17, 15) is 9.18 Å². The van der Waals surface area contributed by atoms with Gasteiger partial charge in [0, 0.05) is 18.7 Å². The van der Waals surface area contributed by atoms with Crippen molar-refractivity contribution in [2.45, 2.75) is 20.5 Å². The number of hydrogen-bond acceptors (Lipinski definition) is 4. The van der Waals surface area contributed by atoms with Gasteiger partial charge in [-0.1, -0.05) is 0 Å². The molecule has 23 heavy (non-hydrogen) atoms. The first-order valence-electron chi connectivity index (χ1n) is 7.07. The van der Waals surface area contributed by atoms with Gasteiger partial charge in [0.25, 0.3) is 0 Å². The maximum atomic E-state index is 13.1. The molecule has 2 aromatic carbocycles. The number of carbonyl (C=O) groups excluding carboxylic acids is 1. The Balaban J connectivity index is 1.71. The Hall–Kier alpha value is -2.89. The predicted octanol–water partition coefficient (Wildman–Crippen LogP) is 3.81. The Morgan fingerprint density at radius 3 is 2.87 bits per heavy atom. The number of carbonyl (C=O) groups is 1. The summed E-state index contributed by atoms with van der Waals surface area (Å²) in [6.45, 7) is 3.47. The Morgan fingerprint density at radius 2 is 2.13 bits per heavy atom. The van der Waals surface area contributed by atoms with Crippen LogP contribution >= 0.6 is 0 Å². The van der Waals surface area contributed by atoms with Gasteiger partial charge in [-0.3, -0.25) is 4.79 Å². The minimum atomic E-state index is -0.370. The first-order valence-corrected chi connectivity index (χ1v) is 7.07. The fraction of sp³-hybridized carbons (Fsp3) is 0.176. The molecule has 6 heteroatoms. The normalized spacial score (nSPS) is 10.7. The number of anilines is 1. The van der Waals surface area contributed by atoms with Crippen molar-refractivity contribution in [1.29, 1.82) is 0 Å². The molecule has 118 valence electrons. The van der Waals surface area contributed by atoms with Gasteiger partial charge in [-0.2, -0.15) is 0 Å². The largest absolute Gasteiger partial charge is 0.484 e. The van der Waals surface area contributed by atoms with E-state index in [1.807, 2.05) is 13.0 Å². The van der Waals surface area contributed by atoms with E-state index in [4.69, 9.17) is 9.15 Å². The van der Waals surface area contributed by atoms with Crippen LogP contribution in [0, 0.1) is 12.7 Å². The number of nitrogens with one attached hydrogen (secondary N) is 1. The fourth-order valence-corrected chi connectivity index (χ4v) is 2.21. The summed E-state index contributed by atoms with van der Waals surface area (Å²) in [5.41, 5.74) is 2.60. The average molecular weight is 314 g/mol. The van der Waals surface area contributed by atoms with Crippen molar-refractivity contribution in [1.82, 2.24) is 4.98 Å². The van der Waals surface area contributed by atoms with Crippen molar-refractivity contribution in [2.75, 3.05) is 5.32 Å². The highest BCUT2D eigenvalue weighted by molar-refractivity contribution is 5.89. The molecule has 0 fully saturated rings. The lowest BCUT2D eigenvalue weighted by Crippen LogP contribution is -2.07. The third-order valence-corrected chi connectivity index (χ3v) is 3.27. The molecule has 1 N–H and O–H groups in total. The third-order valence-electron chi connectivity index (χ3n) is 3.27. The van der Waals surface area contributed by atoms with Crippen LogP contribution in [0.4, 0.5) is 10.1 Å². The van der Waals surface area contributed by atoms with E-state index in [0.29, 0.717) is 22.7 Å². The third kappa shape index (κ3) is 3.48. The van der Waals surface area contributed by atoms with Crippen LogP contribution in [0.2, 0.25) is 0 Å². The smallest absolute Gasteiger partial charge is 0.233 e. The van der Waals surface area contributed by atoms with Crippen LogP contribution < -0.4 is 10.1 Å². The number of aromatic nitrogens is 1. The van der Waals surface area contributed by atoms with Gasteiger partial charge < -0.3 is 14.5 Å². The summed E-state index contributed by atoms with van der Waals surface area (Å²) >= 11 is 0. The Kier molecular flexibility index (Phi) is 3.97. The molecule has 0 aliphatic heterocycles. The van der Waals surface area contributed by atoms with Crippen LogP contribution in [-0.4, -0.2) is 10.9 Å². The van der Waals surface area contributed by atoms with Gasteiger partial charge in [0.15, 0.2) is 12.2 Å². The molecule has 1 amide bonds. The monoisotopic (exact) mass is 314 g/mol. The standard InChI is InChI=1S/C17H15FN2O3/c1-10-7-13(4-6-14(10)19-11(2)21)22-9-17-20-15-5-3-12(18)8-16(15)23-17/h3-8H,9H2,1-2H3,(H,19,21). The van der Waals surface area contributed by atoms with Crippen molar-refractivity contribution in [3.8, 4) is 5.75 Å². The Morgan fingerprint density at radius 1 is 1.30 bits per heavy atom. The highest BCUT2D eigenvalue weighted by atomic mass is 19.1. The second-order valence-electron chi connectivity index (χ2n) is 5.17. The molecule has 1 heterocycles. The first-order chi connectivity index (χ1) is 11.0. The summed E-state index contributed by atoms with van der Waals surface area (Å²) < 4.78 is 24.2. The molecule has 5 nitrogen and oxygen atoms in total. The molecule has 3 rings (SSSR count). The van der Waals surface area contributed by atoms with E-state index in [1.54, 1.807) is 18.2 Å². The molecule has 1 aromatic heterocycles. The van der Waals surface area contributed by atoms with Crippen molar-refractivity contribution in [3.63, 3.8) is 0 Å². The summed E-state index contributed by atoms with van der Waals surface area (Å²) in [5.74, 6) is 0.505. The van der Waals surface area contributed by atoms with Crippen molar-refractivity contribution in [3.05, 3.63) is 53.7 Å². The fourth-order valence-electron chi connectivity index (χ4n) is 2.21. The average Bonchev–Trinajstić information content (AvgIpc) is 2.89. The van der Waals surface area contributed by atoms with Crippen LogP contribution in [0.25, 0.3) is 11.1 Å². The highest BCUT2D eigenvalue weighted by Gasteiger charge is 2.08. The molecule has 0 spiro atoms. The molecule has 0 unspecified atom stereocenters. The molecule has 0 aliphatic rings. The van der Waals surface area contributed by atoms with Gasteiger partial charge in [0.05, 0.1) is 0 Å². The van der Waals surface area contributed by atoms with Crippen LogP contribution in [0.15, 0.2) is 40.8 Å². The maximum absolute atomic E-state index is 13.1. The molecule has 0 atom stereocenters. The van der Waals surface area contributed by atoms with Crippen molar-refractivity contribution in [2.24, 2.45) is 0 Å². The number of benzene rings is 2. The van der Waals surface area contributed by atoms with E-state index in [2.05, 4.69) is 10.3 Å². The topological polar surface area (TPSA) is 64.4 Å². The number of ether oxygens (including phenoxy) is 1. The summed E-state index contributed by atoms with van der Waals surface area (Å²) in [6, 6.07) is 9.52. The number of amides is 1. The number of aryl methyl sites for hydroxylation is 1. The van der Waals surface area contributed by atoms with Gasteiger partial charge in [0.1, 0.15) is 17.1 Å². The van der Waals surface area contributed by atoms with E-state index >= 15 is 0 Å². The highest BCUT2D eigenvalue weighted by Crippen LogP contribution is 2.23. The number of hydrogen-bond donors (Lipinski definition) is 1. The molecule has 0 saturated carbocycles. The number of rotatable bonds is 4. The van der Waals surface area contributed by atoms with Gasteiger partial charge in [0.2, 0.25) is 11.8 Å². The second-order valence-corrected chi connectivity index (χ2v) is 5.17. The van der Waals surface area contributed by atoms with E-state index in [1.165, 1.54) is 19.1 Å². The SMILES string of the molecule is CC(=O)Nc1ccc(OCc2nc3ccc(F)cc3o2)cc1C. The number of halogens is 1. The number of nitrogens with zero attached hydrogens (tertiary/aromatic N) is 1. The summed E-state index contributed by atoms with van der Waals surface area (Å²) in [7, 11) is 0. The second kappa shape index (κ2) is 6.08. The molecule has 0 saturated heterocycles. The van der Waals surface area contributed by atoms with Crippen LogP contribution in [0.1, 0.15) is 18.4 Å². The molecular weight excluding hydrogens is 299 g/mol.